The molecule has 0 aromatic carbocycles. The smallest absolute Gasteiger partial charge is 0.306 e. The quantitative estimate of drug-likeness (QED) is 0.0195. The van der Waals surface area contributed by atoms with Gasteiger partial charge in [0.25, 0.3) is 7.82 Å². The molecule has 2 atom stereocenters. The molecule has 0 fully saturated rings. The van der Waals surface area contributed by atoms with Crippen molar-refractivity contribution in [3.8, 4) is 0 Å². The first-order valence-electron chi connectivity index (χ1n) is 26.3. The summed E-state index contributed by atoms with van der Waals surface area (Å²) in [6, 6.07) is 0. The number of rotatable bonds is 48. The Kier molecular flexibility index (Phi) is 44.6. The van der Waals surface area contributed by atoms with Gasteiger partial charge in [0.2, 0.25) is 0 Å². The summed E-state index contributed by atoms with van der Waals surface area (Å²) in [6.45, 7) is 4.13. The van der Waals surface area contributed by atoms with Gasteiger partial charge >= 0.3 is 11.9 Å². The molecule has 0 aliphatic rings. The van der Waals surface area contributed by atoms with Crippen LogP contribution in [0.3, 0.4) is 0 Å². The summed E-state index contributed by atoms with van der Waals surface area (Å²) in [5, 5.41) is 0. The zero-order valence-electron chi connectivity index (χ0n) is 42.2. The highest BCUT2D eigenvalue weighted by molar-refractivity contribution is 7.45. The Balaban J connectivity index is 4.07. The van der Waals surface area contributed by atoms with E-state index in [1.54, 1.807) is 0 Å². The molecule has 9 nitrogen and oxygen atoms in total. The minimum atomic E-state index is -4.62. The molecule has 0 aromatic rings. The van der Waals surface area contributed by atoms with Gasteiger partial charge in [-0.05, 0) is 51.4 Å². The zero-order chi connectivity index (χ0) is 47.1. The van der Waals surface area contributed by atoms with Crippen molar-refractivity contribution in [3.05, 3.63) is 48.6 Å². The number of likely N-dealkylation sites (N-methyl/N-ethyl adjacent to an activating group) is 1. The van der Waals surface area contributed by atoms with Crippen LogP contribution < -0.4 is 4.89 Å². The molecule has 0 heterocycles. The monoisotopic (exact) mass is 922 g/mol. The van der Waals surface area contributed by atoms with Gasteiger partial charge in [-0.1, -0.05) is 217 Å². The fraction of sp³-hybridized carbons (Fsp3) is 0.815. The van der Waals surface area contributed by atoms with Gasteiger partial charge in [-0.25, -0.2) is 0 Å². The van der Waals surface area contributed by atoms with Crippen molar-refractivity contribution in [2.75, 3.05) is 47.5 Å². The maximum Gasteiger partial charge on any atom is 0.306 e. The molecular weight excluding hydrogens is 822 g/mol. The van der Waals surface area contributed by atoms with Gasteiger partial charge in [-0.3, -0.25) is 14.2 Å². The van der Waals surface area contributed by atoms with E-state index in [4.69, 9.17) is 18.5 Å². The molecule has 0 spiro atoms. The van der Waals surface area contributed by atoms with Gasteiger partial charge in [0.05, 0.1) is 27.7 Å². The SMILES string of the molecule is CC/C=C\C/C=C\C/C=C\C/C=C\CCCCCCCCCCCCCCCCCCC(=O)OC(COC(=O)CCCCCCCCCCCCC)COP(=O)([O-])OCC[N+](C)(C)C. The molecule has 0 saturated heterocycles. The van der Waals surface area contributed by atoms with Gasteiger partial charge in [-0.15, -0.1) is 0 Å². The lowest BCUT2D eigenvalue weighted by atomic mass is 10.0. The van der Waals surface area contributed by atoms with E-state index in [1.165, 1.54) is 135 Å². The van der Waals surface area contributed by atoms with Crippen LogP contribution in [0.15, 0.2) is 48.6 Å². The summed E-state index contributed by atoms with van der Waals surface area (Å²) in [7, 11) is 1.17. The Morgan fingerprint density at radius 3 is 1.33 bits per heavy atom. The van der Waals surface area contributed by atoms with Crippen LogP contribution in [-0.4, -0.2) is 70.0 Å². The van der Waals surface area contributed by atoms with Crippen LogP contribution >= 0.6 is 7.82 Å². The molecule has 0 saturated carbocycles. The number of carbonyl (C=O) groups excluding carboxylic acids is 2. The van der Waals surface area contributed by atoms with Crippen molar-refractivity contribution < 1.29 is 42.1 Å². The second kappa shape index (κ2) is 46.1. The van der Waals surface area contributed by atoms with E-state index in [0.717, 1.165) is 64.2 Å². The standard InChI is InChI=1S/C54H100NO8P/c1-6-8-10-12-14-16-18-19-20-21-22-23-24-25-26-27-28-29-30-31-32-33-34-35-37-39-41-43-45-47-54(57)63-52(51-62-64(58,59)61-49-48-55(3,4)5)50-60-53(56)46-44-42-40-38-36-17-15-13-11-9-7-2/h8,10,14,16,19-20,22-23,52H,6-7,9,11-13,15,17-18,21,24-51H2,1-5H3/b10-8-,16-14-,20-19-,23-22-. The molecule has 0 amide bonds. The van der Waals surface area contributed by atoms with Gasteiger partial charge < -0.3 is 27.9 Å². The van der Waals surface area contributed by atoms with Crippen LogP contribution in [0, 0.1) is 0 Å². The van der Waals surface area contributed by atoms with Crippen molar-refractivity contribution in [2.24, 2.45) is 0 Å². The summed E-state index contributed by atoms with van der Waals surface area (Å²) in [4.78, 5) is 37.6. The number of ether oxygens (including phenoxy) is 2. The van der Waals surface area contributed by atoms with Crippen molar-refractivity contribution in [1.82, 2.24) is 0 Å². The third kappa shape index (κ3) is 49.4. The Morgan fingerprint density at radius 2 is 0.891 bits per heavy atom. The number of quaternary nitrogens is 1. The summed E-state index contributed by atoms with van der Waals surface area (Å²) in [6.07, 6.45) is 55.9. The lowest BCUT2D eigenvalue weighted by Gasteiger charge is -2.28. The van der Waals surface area contributed by atoms with Crippen LogP contribution in [0.25, 0.3) is 0 Å². The molecule has 0 bridgehead atoms. The molecule has 0 N–H and O–H groups in total. The molecule has 64 heavy (non-hydrogen) atoms. The lowest BCUT2D eigenvalue weighted by Crippen LogP contribution is -2.37. The molecule has 0 aliphatic heterocycles. The third-order valence-electron chi connectivity index (χ3n) is 11.4. The van der Waals surface area contributed by atoms with E-state index in [2.05, 4.69) is 62.5 Å². The normalized spacial score (nSPS) is 13.8. The van der Waals surface area contributed by atoms with E-state index in [9.17, 15) is 19.0 Å². The molecule has 374 valence electrons. The Labute approximate surface area is 394 Å². The fourth-order valence-corrected chi connectivity index (χ4v) is 8.02. The summed E-state index contributed by atoms with van der Waals surface area (Å²) < 4.78 is 34.0. The van der Waals surface area contributed by atoms with Crippen molar-refractivity contribution >= 4 is 19.8 Å². The molecule has 0 radical (unpaired) electrons. The predicted octanol–water partition coefficient (Wildman–Crippen LogP) is 15.2. The fourth-order valence-electron chi connectivity index (χ4n) is 7.29. The average Bonchev–Trinajstić information content (AvgIpc) is 3.25. The second-order valence-electron chi connectivity index (χ2n) is 18.9. The van der Waals surface area contributed by atoms with Crippen LogP contribution in [0.5, 0.6) is 0 Å². The van der Waals surface area contributed by atoms with Crippen LogP contribution in [-0.2, 0) is 32.7 Å². The summed E-state index contributed by atoms with van der Waals surface area (Å²) in [5.74, 6) is -0.827. The lowest BCUT2D eigenvalue weighted by molar-refractivity contribution is -0.870. The predicted molar refractivity (Wildman–Crippen MR) is 268 cm³/mol. The number of nitrogens with zero attached hydrogens (tertiary/aromatic N) is 1. The summed E-state index contributed by atoms with van der Waals surface area (Å²) >= 11 is 0. The van der Waals surface area contributed by atoms with Crippen molar-refractivity contribution in [1.29, 1.82) is 0 Å². The Bertz CT molecular complexity index is 1230. The molecular formula is C54H100NO8P. The number of allylic oxidation sites excluding steroid dienone is 8. The minimum absolute atomic E-state index is 0.0295. The van der Waals surface area contributed by atoms with E-state index in [-0.39, 0.29) is 32.0 Å². The van der Waals surface area contributed by atoms with E-state index >= 15 is 0 Å². The number of esters is 2. The van der Waals surface area contributed by atoms with Crippen LogP contribution in [0.2, 0.25) is 0 Å². The number of hydrogen-bond donors (Lipinski definition) is 0. The highest BCUT2D eigenvalue weighted by atomic mass is 31.2. The average molecular weight is 922 g/mol. The maximum absolute atomic E-state index is 12.7. The van der Waals surface area contributed by atoms with Crippen LogP contribution in [0.1, 0.15) is 232 Å². The molecule has 10 heteroatoms. The van der Waals surface area contributed by atoms with E-state index in [0.29, 0.717) is 17.4 Å². The highest BCUT2D eigenvalue weighted by Gasteiger charge is 2.21. The van der Waals surface area contributed by atoms with E-state index in [1.807, 2.05) is 21.1 Å². The Morgan fingerprint density at radius 1 is 0.500 bits per heavy atom. The van der Waals surface area contributed by atoms with Crippen molar-refractivity contribution in [3.63, 3.8) is 0 Å². The molecule has 0 rings (SSSR count). The van der Waals surface area contributed by atoms with Gasteiger partial charge in [0.1, 0.15) is 19.8 Å². The maximum atomic E-state index is 12.7. The van der Waals surface area contributed by atoms with Gasteiger partial charge in [0.15, 0.2) is 6.10 Å². The first-order chi connectivity index (χ1) is 31.0. The van der Waals surface area contributed by atoms with Gasteiger partial charge in [0, 0.05) is 12.8 Å². The van der Waals surface area contributed by atoms with E-state index < -0.39 is 26.5 Å². The molecule has 0 aliphatic carbocycles. The van der Waals surface area contributed by atoms with Crippen molar-refractivity contribution in [2.45, 2.75) is 238 Å². The molecule has 2 unspecified atom stereocenters. The topological polar surface area (TPSA) is 111 Å². The number of carbonyl (C=O) groups is 2. The second-order valence-corrected chi connectivity index (χ2v) is 20.3. The highest BCUT2D eigenvalue weighted by Crippen LogP contribution is 2.38. The number of unbranched alkanes of at least 4 members (excludes halogenated alkanes) is 26. The number of phosphoric ester groups is 1. The first kappa shape index (κ1) is 62.0. The molecule has 0 aromatic heterocycles. The minimum Gasteiger partial charge on any atom is -0.756 e. The number of hydrogen-bond acceptors (Lipinski definition) is 8. The van der Waals surface area contributed by atoms with Crippen LogP contribution in [0.4, 0.5) is 0 Å². The largest absolute Gasteiger partial charge is 0.756 e. The summed E-state index contributed by atoms with van der Waals surface area (Å²) in [5.41, 5.74) is 0. The zero-order valence-corrected chi connectivity index (χ0v) is 43.1. The number of phosphoric acid groups is 1. The Hall–Kier alpha value is -2.03. The first-order valence-corrected chi connectivity index (χ1v) is 27.8. The third-order valence-corrected chi connectivity index (χ3v) is 12.3. The van der Waals surface area contributed by atoms with Gasteiger partial charge in [-0.2, -0.15) is 0 Å².